The highest BCUT2D eigenvalue weighted by Crippen LogP contribution is 2.26. The van der Waals surface area contributed by atoms with Crippen LogP contribution in [-0.4, -0.2) is 47.8 Å². The minimum atomic E-state index is -0.177. The van der Waals surface area contributed by atoms with Crippen LogP contribution in [0.4, 0.5) is 0 Å². The molecule has 1 saturated carbocycles. The highest BCUT2D eigenvalue weighted by Gasteiger charge is 2.26. The molecule has 0 saturated heterocycles. The molecule has 5 rings (SSSR count). The lowest BCUT2D eigenvalue weighted by atomic mass is 9.94. The smallest absolute Gasteiger partial charge is 0.257 e. The second-order valence-corrected chi connectivity index (χ2v) is 7.74. The third kappa shape index (κ3) is 3.28. The molecule has 2 aliphatic rings. The maximum Gasteiger partial charge on any atom is 0.257 e. The second kappa shape index (κ2) is 7.35. The van der Waals surface area contributed by atoms with Crippen molar-refractivity contribution in [2.75, 3.05) is 6.54 Å². The van der Waals surface area contributed by atoms with E-state index in [9.17, 15) is 4.79 Å². The zero-order valence-corrected chi connectivity index (χ0v) is 15.9. The van der Waals surface area contributed by atoms with Gasteiger partial charge in [-0.15, -0.1) is 0 Å². The lowest BCUT2D eigenvalue weighted by Crippen LogP contribution is -2.42. The first kappa shape index (κ1) is 17.4. The van der Waals surface area contributed by atoms with E-state index in [2.05, 4.69) is 36.1 Å². The number of hydrogen-bond donors (Lipinski definition) is 1. The SMILES string of the molecule is O=C(NCc1cc2n(n1)CCN(C1CCCCC1)C2)c1cnn2cccnc12. The summed E-state index contributed by atoms with van der Waals surface area (Å²) in [7, 11) is 0. The summed E-state index contributed by atoms with van der Waals surface area (Å²) in [5, 5.41) is 11.8. The molecule has 8 heteroatoms. The maximum absolute atomic E-state index is 12.5. The lowest BCUT2D eigenvalue weighted by Gasteiger charge is -2.36. The number of aromatic nitrogens is 5. The summed E-state index contributed by atoms with van der Waals surface area (Å²) in [6.07, 6.45) is 11.7. The van der Waals surface area contributed by atoms with Gasteiger partial charge in [-0.1, -0.05) is 19.3 Å². The van der Waals surface area contributed by atoms with Crippen molar-refractivity contribution >= 4 is 11.6 Å². The molecule has 0 atom stereocenters. The predicted molar refractivity (Wildman–Crippen MR) is 104 cm³/mol. The van der Waals surface area contributed by atoms with Gasteiger partial charge in [-0.25, -0.2) is 9.50 Å². The zero-order chi connectivity index (χ0) is 18.9. The molecule has 3 aromatic heterocycles. The molecule has 28 heavy (non-hydrogen) atoms. The first-order valence-electron chi connectivity index (χ1n) is 10.1. The summed E-state index contributed by atoms with van der Waals surface area (Å²) in [4.78, 5) is 19.4. The standard InChI is InChI=1S/C20H25N7O/c28-20(18-13-23-27-8-4-7-21-19(18)27)22-12-15-11-17-14-25(9-10-26(17)24-15)16-5-2-1-3-6-16/h4,7-8,11,13,16H,1-3,5-6,9-10,12,14H2,(H,22,28). The zero-order valence-electron chi connectivity index (χ0n) is 15.9. The number of carbonyl (C=O) groups is 1. The van der Waals surface area contributed by atoms with Crippen LogP contribution in [0.25, 0.3) is 5.65 Å². The summed E-state index contributed by atoms with van der Waals surface area (Å²) >= 11 is 0. The molecule has 0 radical (unpaired) electrons. The Morgan fingerprint density at radius 1 is 1.21 bits per heavy atom. The molecular weight excluding hydrogens is 354 g/mol. The van der Waals surface area contributed by atoms with E-state index >= 15 is 0 Å². The van der Waals surface area contributed by atoms with E-state index in [0.29, 0.717) is 17.8 Å². The Hall–Kier alpha value is -2.74. The summed E-state index contributed by atoms with van der Waals surface area (Å²) in [5.74, 6) is -0.177. The molecule has 8 nitrogen and oxygen atoms in total. The predicted octanol–water partition coefficient (Wildman–Crippen LogP) is 2.00. The van der Waals surface area contributed by atoms with Crippen LogP contribution < -0.4 is 5.32 Å². The van der Waals surface area contributed by atoms with Crippen LogP contribution in [-0.2, 0) is 19.6 Å². The molecule has 3 aromatic rings. The largest absolute Gasteiger partial charge is 0.346 e. The van der Waals surface area contributed by atoms with Gasteiger partial charge in [0.1, 0.15) is 5.56 Å². The fraction of sp³-hybridized carbons (Fsp3) is 0.500. The number of nitrogens with zero attached hydrogens (tertiary/aromatic N) is 6. The molecule has 4 heterocycles. The second-order valence-electron chi connectivity index (χ2n) is 7.74. The molecule has 1 amide bonds. The van der Waals surface area contributed by atoms with Crippen LogP contribution in [0.15, 0.2) is 30.7 Å². The minimum absolute atomic E-state index is 0.177. The van der Waals surface area contributed by atoms with Crippen molar-refractivity contribution in [2.45, 2.75) is 57.8 Å². The highest BCUT2D eigenvalue weighted by molar-refractivity contribution is 5.99. The van der Waals surface area contributed by atoms with Gasteiger partial charge >= 0.3 is 0 Å². The van der Waals surface area contributed by atoms with Crippen LogP contribution in [0.5, 0.6) is 0 Å². The average Bonchev–Trinajstić information content (AvgIpc) is 3.36. The number of rotatable bonds is 4. The first-order chi connectivity index (χ1) is 13.8. The molecule has 0 bridgehead atoms. The maximum atomic E-state index is 12.5. The van der Waals surface area contributed by atoms with Crippen LogP contribution >= 0.6 is 0 Å². The Morgan fingerprint density at radius 2 is 2.11 bits per heavy atom. The van der Waals surface area contributed by atoms with Crippen molar-refractivity contribution in [3.63, 3.8) is 0 Å². The molecule has 1 N–H and O–H groups in total. The summed E-state index contributed by atoms with van der Waals surface area (Å²) < 4.78 is 3.70. The Bertz CT molecular complexity index is 986. The quantitative estimate of drug-likeness (QED) is 0.750. The van der Waals surface area contributed by atoms with Crippen molar-refractivity contribution in [1.29, 1.82) is 0 Å². The third-order valence-electron chi connectivity index (χ3n) is 5.92. The number of hydrogen-bond acceptors (Lipinski definition) is 5. The fourth-order valence-electron chi connectivity index (χ4n) is 4.44. The van der Waals surface area contributed by atoms with Gasteiger partial charge in [0.05, 0.1) is 30.7 Å². The molecule has 1 aliphatic carbocycles. The molecule has 0 aromatic carbocycles. The number of amides is 1. The van der Waals surface area contributed by atoms with Crippen molar-refractivity contribution in [3.8, 4) is 0 Å². The molecule has 0 spiro atoms. The van der Waals surface area contributed by atoms with Crippen molar-refractivity contribution in [1.82, 2.24) is 34.6 Å². The van der Waals surface area contributed by atoms with E-state index < -0.39 is 0 Å². The van der Waals surface area contributed by atoms with E-state index in [0.717, 1.165) is 31.4 Å². The van der Waals surface area contributed by atoms with Gasteiger partial charge < -0.3 is 5.32 Å². The van der Waals surface area contributed by atoms with E-state index in [1.807, 2.05) is 0 Å². The van der Waals surface area contributed by atoms with Crippen LogP contribution in [0.2, 0.25) is 0 Å². The molecule has 1 aliphatic heterocycles. The van der Waals surface area contributed by atoms with E-state index in [1.54, 1.807) is 29.2 Å². The minimum Gasteiger partial charge on any atom is -0.346 e. The Balaban J connectivity index is 1.24. The first-order valence-corrected chi connectivity index (χ1v) is 10.1. The van der Waals surface area contributed by atoms with Gasteiger partial charge in [0.2, 0.25) is 0 Å². The van der Waals surface area contributed by atoms with Gasteiger partial charge in [0, 0.05) is 31.5 Å². The van der Waals surface area contributed by atoms with E-state index in [-0.39, 0.29) is 5.91 Å². The van der Waals surface area contributed by atoms with Gasteiger partial charge in [-0.3, -0.25) is 14.4 Å². The van der Waals surface area contributed by atoms with Gasteiger partial charge in [0.25, 0.3) is 5.91 Å². The fourth-order valence-corrected chi connectivity index (χ4v) is 4.44. The van der Waals surface area contributed by atoms with Crippen molar-refractivity contribution in [2.24, 2.45) is 0 Å². The van der Waals surface area contributed by atoms with Crippen molar-refractivity contribution < 1.29 is 4.79 Å². The van der Waals surface area contributed by atoms with Crippen LogP contribution in [0.3, 0.4) is 0 Å². The average molecular weight is 379 g/mol. The molecule has 0 unspecified atom stereocenters. The topological polar surface area (TPSA) is 80.4 Å². The van der Waals surface area contributed by atoms with Gasteiger partial charge in [-0.2, -0.15) is 10.2 Å². The van der Waals surface area contributed by atoms with E-state index in [1.165, 1.54) is 37.8 Å². The summed E-state index contributed by atoms with van der Waals surface area (Å²) in [6.45, 7) is 3.37. The number of fused-ring (bicyclic) bond motifs is 2. The third-order valence-corrected chi connectivity index (χ3v) is 5.92. The van der Waals surface area contributed by atoms with Crippen LogP contribution in [0, 0.1) is 0 Å². The Morgan fingerprint density at radius 3 is 3.00 bits per heavy atom. The van der Waals surface area contributed by atoms with Crippen LogP contribution in [0.1, 0.15) is 53.8 Å². The summed E-state index contributed by atoms with van der Waals surface area (Å²) in [5.41, 5.74) is 3.19. The Kier molecular flexibility index (Phi) is 4.56. The highest BCUT2D eigenvalue weighted by atomic mass is 16.1. The summed E-state index contributed by atoms with van der Waals surface area (Å²) in [6, 6.07) is 4.64. The monoisotopic (exact) mass is 379 g/mol. The van der Waals surface area contributed by atoms with Gasteiger partial charge in [0.15, 0.2) is 5.65 Å². The molecule has 1 fully saturated rings. The van der Waals surface area contributed by atoms with E-state index in [4.69, 9.17) is 0 Å². The normalized spacial score (nSPS) is 18.3. The molecule has 146 valence electrons. The molecular formula is C20H25N7O. The Labute approximate surface area is 163 Å². The van der Waals surface area contributed by atoms with Gasteiger partial charge in [-0.05, 0) is 25.0 Å². The van der Waals surface area contributed by atoms with Crippen molar-refractivity contribution in [3.05, 3.63) is 47.7 Å². The number of nitrogens with one attached hydrogen (secondary N) is 1. The lowest BCUT2D eigenvalue weighted by molar-refractivity contribution is 0.0951. The number of carbonyl (C=O) groups excluding carboxylic acids is 1.